The number of carbonyl (C=O) groups excluding carboxylic acids is 1. The first-order valence-electron chi connectivity index (χ1n) is 8.06. The predicted molar refractivity (Wildman–Crippen MR) is 94.5 cm³/mol. The van der Waals surface area contributed by atoms with Gasteiger partial charge in [0.2, 0.25) is 15.9 Å². The second-order valence-electron chi connectivity index (χ2n) is 5.49. The van der Waals surface area contributed by atoms with Gasteiger partial charge in [-0.3, -0.25) is 9.69 Å². The molecular weight excluding hydrogens is 342 g/mol. The number of hydrogen-bond donors (Lipinski definition) is 2. The fraction of sp³-hybridized carbons (Fsp3) is 0.353. The summed E-state index contributed by atoms with van der Waals surface area (Å²) in [5, 5.41) is 0. The topological polar surface area (TPSA) is 106 Å². The SMILES string of the molecule is CCN(CC)[C@@H](CNS(=O)(=O)c1ccc(C(N)=O)cc1)c1ccco1. The Morgan fingerprint density at radius 3 is 2.32 bits per heavy atom. The van der Waals surface area contributed by atoms with Crippen molar-refractivity contribution < 1.29 is 17.6 Å². The largest absolute Gasteiger partial charge is 0.468 e. The van der Waals surface area contributed by atoms with Crippen LogP contribution in [0, 0.1) is 0 Å². The number of rotatable bonds is 9. The number of nitrogens with one attached hydrogen (secondary N) is 1. The smallest absolute Gasteiger partial charge is 0.248 e. The van der Waals surface area contributed by atoms with Gasteiger partial charge in [-0.2, -0.15) is 0 Å². The van der Waals surface area contributed by atoms with Crippen molar-refractivity contribution in [1.29, 1.82) is 0 Å². The van der Waals surface area contributed by atoms with Crippen molar-refractivity contribution in [3.63, 3.8) is 0 Å². The van der Waals surface area contributed by atoms with Crippen LogP contribution in [0.15, 0.2) is 52.0 Å². The van der Waals surface area contributed by atoms with E-state index in [0.717, 1.165) is 13.1 Å². The number of hydrogen-bond acceptors (Lipinski definition) is 5. The lowest BCUT2D eigenvalue weighted by molar-refractivity contribution is 0.1000. The maximum absolute atomic E-state index is 12.5. The number of nitrogens with zero attached hydrogens (tertiary/aromatic N) is 1. The minimum absolute atomic E-state index is 0.0789. The number of nitrogens with two attached hydrogens (primary N) is 1. The van der Waals surface area contributed by atoms with Crippen molar-refractivity contribution in [3.05, 3.63) is 54.0 Å². The summed E-state index contributed by atoms with van der Waals surface area (Å²) in [6.45, 7) is 5.72. The Hall–Kier alpha value is -2.16. The van der Waals surface area contributed by atoms with Crippen molar-refractivity contribution in [2.75, 3.05) is 19.6 Å². The van der Waals surface area contributed by atoms with Crippen molar-refractivity contribution in [2.45, 2.75) is 24.8 Å². The predicted octanol–water partition coefficient (Wildman–Crippen LogP) is 1.74. The highest BCUT2D eigenvalue weighted by molar-refractivity contribution is 7.89. The van der Waals surface area contributed by atoms with Gasteiger partial charge in [0.15, 0.2) is 0 Å². The summed E-state index contributed by atoms with van der Waals surface area (Å²) in [5.41, 5.74) is 5.43. The molecule has 7 nitrogen and oxygen atoms in total. The van der Waals surface area contributed by atoms with Gasteiger partial charge in [0.05, 0.1) is 17.2 Å². The van der Waals surface area contributed by atoms with E-state index in [1.807, 2.05) is 19.9 Å². The molecule has 0 bridgehead atoms. The van der Waals surface area contributed by atoms with E-state index in [1.54, 1.807) is 12.3 Å². The van der Waals surface area contributed by atoms with E-state index in [1.165, 1.54) is 24.3 Å². The highest BCUT2D eigenvalue weighted by Gasteiger charge is 2.23. The molecule has 0 aliphatic heterocycles. The normalized spacial score (nSPS) is 13.1. The van der Waals surface area contributed by atoms with Crippen LogP contribution in [0.25, 0.3) is 0 Å². The molecule has 2 aromatic rings. The van der Waals surface area contributed by atoms with Gasteiger partial charge in [0.1, 0.15) is 5.76 Å². The lowest BCUT2D eigenvalue weighted by atomic mass is 10.2. The summed E-state index contributed by atoms with van der Waals surface area (Å²) in [4.78, 5) is 13.3. The van der Waals surface area contributed by atoms with Crippen LogP contribution >= 0.6 is 0 Å². The van der Waals surface area contributed by atoms with Crippen LogP contribution in [0.5, 0.6) is 0 Å². The lowest BCUT2D eigenvalue weighted by Crippen LogP contribution is -2.37. The molecule has 1 aromatic heterocycles. The van der Waals surface area contributed by atoms with Gasteiger partial charge in [-0.25, -0.2) is 13.1 Å². The number of benzene rings is 1. The fourth-order valence-electron chi connectivity index (χ4n) is 2.63. The van der Waals surface area contributed by atoms with E-state index in [9.17, 15) is 13.2 Å². The molecule has 0 saturated heterocycles. The molecular formula is C17H23N3O4S. The summed E-state index contributed by atoms with van der Waals surface area (Å²) in [5.74, 6) is 0.104. The second kappa shape index (κ2) is 8.28. The molecule has 8 heteroatoms. The van der Waals surface area contributed by atoms with Crippen LogP contribution in [0.1, 0.15) is 36.0 Å². The van der Waals surface area contributed by atoms with Gasteiger partial charge in [0, 0.05) is 12.1 Å². The molecule has 1 heterocycles. The van der Waals surface area contributed by atoms with Crippen LogP contribution in [-0.2, 0) is 10.0 Å². The van der Waals surface area contributed by atoms with E-state index in [0.29, 0.717) is 5.76 Å². The maximum Gasteiger partial charge on any atom is 0.248 e. The second-order valence-corrected chi connectivity index (χ2v) is 7.26. The Morgan fingerprint density at radius 1 is 1.20 bits per heavy atom. The average Bonchev–Trinajstić information content (AvgIpc) is 3.13. The van der Waals surface area contributed by atoms with Gasteiger partial charge in [-0.05, 0) is 49.5 Å². The van der Waals surface area contributed by atoms with Crippen molar-refractivity contribution in [2.24, 2.45) is 5.73 Å². The van der Waals surface area contributed by atoms with Gasteiger partial charge in [-0.1, -0.05) is 13.8 Å². The molecule has 3 N–H and O–H groups in total. The van der Waals surface area contributed by atoms with Crippen molar-refractivity contribution >= 4 is 15.9 Å². The maximum atomic E-state index is 12.5. The highest BCUT2D eigenvalue weighted by atomic mass is 32.2. The van der Waals surface area contributed by atoms with E-state index in [-0.39, 0.29) is 23.0 Å². The zero-order valence-corrected chi connectivity index (χ0v) is 15.1. The first-order chi connectivity index (χ1) is 11.9. The summed E-state index contributed by atoms with van der Waals surface area (Å²) in [6.07, 6.45) is 1.57. The molecule has 1 aromatic carbocycles. The molecule has 25 heavy (non-hydrogen) atoms. The van der Waals surface area contributed by atoms with E-state index in [2.05, 4.69) is 9.62 Å². The molecule has 0 saturated carbocycles. The van der Waals surface area contributed by atoms with Crippen molar-refractivity contribution in [1.82, 2.24) is 9.62 Å². The number of amides is 1. The molecule has 1 atom stereocenters. The molecule has 0 aliphatic rings. The number of primary amides is 1. The van der Waals surface area contributed by atoms with E-state index < -0.39 is 15.9 Å². The summed E-state index contributed by atoms with van der Waals surface area (Å²) >= 11 is 0. The van der Waals surface area contributed by atoms with Crippen LogP contribution in [0.4, 0.5) is 0 Å². The third-order valence-electron chi connectivity index (χ3n) is 4.04. The molecule has 2 rings (SSSR count). The minimum Gasteiger partial charge on any atom is -0.468 e. The Labute approximate surface area is 147 Å². The Morgan fingerprint density at radius 2 is 1.84 bits per heavy atom. The third-order valence-corrected chi connectivity index (χ3v) is 5.48. The minimum atomic E-state index is -3.71. The molecule has 0 aliphatic carbocycles. The monoisotopic (exact) mass is 365 g/mol. The van der Waals surface area contributed by atoms with E-state index >= 15 is 0 Å². The molecule has 0 radical (unpaired) electrons. The standard InChI is InChI=1S/C17H23N3O4S/c1-3-20(4-2)15(16-6-5-11-24-16)12-19-25(22,23)14-9-7-13(8-10-14)17(18)21/h5-11,15,19H,3-4,12H2,1-2H3,(H2,18,21)/t15-/m0/s1. The summed E-state index contributed by atoms with van der Waals surface area (Å²) in [6, 6.07) is 8.92. The van der Waals surface area contributed by atoms with Gasteiger partial charge in [0.25, 0.3) is 0 Å². The van der Waals surface area contributed by atoms with Crippen LogP contribution in [-0.4, -0.2) is 38.9 Å². The number of sulfonamides is 1. The quantitative estimate of drug-likeness (QED) is 0.704. The van der Waals surface area contributed by atoms with E-state index in [4.69, 9.17) is 10.2 Å². The van der Waals surface area contributed by atoms with Crippen molar-refractivity contribution in [3.8, 4) is 0 Å². The van der Waals surface area contributed by atoms with Gasteiger partial charge in [-0.15, -0.1) is 0 Å². The first kappa shape index (κ1) is 19.2. The molecule has 1 amide bonds. The third kappa shape index (κ3) is 4.68. The summed E-state index contributed by atoms with van der Waals surface area (Å²) in [7, 11) is -3.71. The fourth-order valence-corrected chi connectivity index (χ4v) is 3.66. The highest BCUT2D eigenvalue weighted by Crippen LogP contribution is 2.21. The van der Waals surface area contributed by atoms with Crippen LogP contribution < -0.4 is 10.5 Å². The molecule has 0 unspecified atom stereocenters. The first-order valence-corrected chi connectivity index (χ1v) is 9.54. The Balaban J connectivity index is 2.16. The average molecular weight is 365 g/mol. The molecule has 0 fully saturated rings. The Kier molecular flexibility index (Phi) is 6.35. The van der Waals surface area contributed by atoms with Gasteiger partial charge < -0.3 is 10.2 Å². The lowest BCUT2D eigenvalue weighted by Gasteiger charge is -2.28. The zero-order chi connectivity index (χ0) is 18.4. The zero-order valence-electron chi connectivity index (χ0n) is 14.3. The Bertz CT molecular complexity index is 782. The van der Waals surface area contributed by atoms with Gasteiger partial charge >= 0.3 is 0 Å². The number of furan rings is 1. The number of carbonyl (C=O) groups is 1. The molecule has 136 valence electrons. The summed E-state index contributed by atoms with van der Waals surface area (Å²) < 4.78 is 33.1. The number of likely N-dealkylation sites (N-methyl/N-ethyl adjacent to an activating group) is 1. The molecule has 0 spiro atoms. The van der Waals surface area contributed by atoms with Crippen LogP contribution in [0.3, 0.4) is 0 Å². The van der Waals surface area contributed by atoms with Crippen LogP contribution in [0.2, 0.25) is 0 Å².